The molecule has 2 rings (SSSR count). The Morgan fingerprint density at radius 2 is 2.18 bits per heavy atom. The molecule has 0 radical (unpaired) electrons. The molecule has 0 saturated carbocycles. The molecule has 2 heteroatoms. The van der Waals surface area contributed by atoms with Crippen molar-refractivity contribution in [1.82, 2.24) is 5.32 Å². The standard InChI is InChI=1S/C15H23NO/c1-3-16-15-8-9-17-11-14(15)10-13-7-5-4-6-12(13)2/h4-7,14-16H,3,8-11H2,1-2H3. The molecular weight excluding hydrogens is 210 g/mol. The minimum atomic E-state index is 0.616. The first-order chi connectivity index (χ1) is 8.31. The predicted molar refractivity (Wildman–Crippen MR) is 71.3 cm³/mol. The van der Waals surface area contributed by atoms with E-state index >= 15 is 0 Å². The molecule has 0 bridgehead atoms. The molecule has 0 spiro atoms. The number of aryl methyl sites for hydroxylation is 1. The first kappa shape index (κ1) is 12.6. The lowest BCUT2D eigenvalue weighted by Gasteiger charge is -2.32. The topological polar surface area (TPSA) is 21.3 Å². The van der Waals surface area contributed by atoms with Gasteiger partial charge in [-0.15, -0.1) is 0 Å². The van der Waals surface area contributed by atoms with Gasteiger partial charge in [0.1, 0.15) is 0 Å². The van der Waals surface area contributed by atoms with Crippen molar-refractivity contribution >= 4 is 0 Å². The van der Waals surface area contributed by atoms with E-state index in [9.17, 15) is 0 Å². The summed E-state index contributed by atoms with van der Waals surface area (Å²) in [5.41, 5.74) is 2.86. The van der Waals surface area contributed by atoms with Crippen LogP contribution in [0.2, 0.25) is 0 Å². The lowest BCUT2D eigenvalue weighted by atomic mass is 9.88. The Kier molecular flexibility index (Phi) is 4.57. The largest absolute Gasteiger partial charge is 0.381 e. The van der Waals surface area contributed by atoms with Crippen LogP contribution in [-0.2, 0) is 11.2 Å². The van der Waals surface area contributed by atoms with Crippen molar-refractivity contribution < 1.29 is 4.74 Å². The van der Waals surface area contributed by atoms with Gasteiger partial charge in [-0.25, -0.2) is 0 Å². The van der Waals surface area contributed by atoms with Gasteiger partial charge in [0.05, 0.1) is 6.61 Å². The van der Waals surface area contributed by atoms with Gasteiger partial charge in [0.2, 0.25) is 0 Å². The van der Waals surface area contributed by atoms with Crippen LogP contribution in [0.25, 0.3) is 0 Å². The summed E-state index contributed by atoms with van der Waals surface area (Å²) in [6.45, 7) is 7.23. The summed E-state index contributed by atoms with van der Waals surface area (Å²) in [5.74, 6) is 0.616. The molecule has 2 unspecified atom stereocenters. The molecule has 1 aromatic rings. The zero-order chi connectivity index (χ0) is 12.1. The molecule has 17 heavy (non-hydrogen) atoms. The Labute approximate surface area is 104 Å². The Balaban J connectivity index is 2.03. The van der Waals surface area contributed by atoms with Gasteiger partial charge in [0.25, 0.3) is 0 Å². The van der Waals surface area contributed by atoms with E-state index in [1.165, 1.54) is 11.1 Å². The van der Waals surface area contributed by atoms with Gasteiger partial charge < -0.3 is 10.1 Å². The molecule has 1 aliphatic rings. The highest BCUT2D eigenvalue weighted by Gasteiger charge is 2.25. The first-order valence-electron chi connectivity index (χ1n) is 6.67. The van der Waals surface area contributed by atoms with Crippen LogP contribution in [0, 0.1) is 12.8 Å². The van der Waals surface area contributed by atoms with Gasteiger partial charge in [-0.2, -0.15) is 0 Å². The van der Waals surface area contributed by atoms with Crippen molar-refractivity contribution in [3.8, 4) is 0 Å². The zero-order valence-electron chi connectivity index (χ0n) is 10.9. The van der Waals surface area contributed by atoms with Gasteiger partial charge >= 0.3 is 0 Å². The molecule has 1 aromatic carbocycles. The molecule has 0 aromatic heterocycles. The molecular formula is C15H23NO. The fraction of sp³-hybridized carbons (Fsp3) is 0.600. The maximum atomic E-state index is 5.63. The van der Waals surface area contributed by atoms with Crippen LogP contribution < -0.4 is 5.32 Å². The summed E-state index contributed by atoms with van der Waals surface area (Å²) < 4.78 is 5.63. The minimum absolute atomic E-state index is 0.616. The predicted octanol–water partition coefficient (Wildman–Crippen LogP) is 2.55. The SMILES string of the molecule is CCNC1CCOCC1Cc1ccccc1C. The number of ether oxygens (including phenoxy) is 1. The monoisotopic (exact) mass is 233 g/mol. The van der Waals surface area contributed by atoms with E-state index in [1.807, 2.05) is 0 Å². The number of nitrogens with one attached hydrogen (secondary N) is 1. The molecule has 2 atom stereocenters. The molecule has 94 valence electrons. The molecule has 1 fully saturated rings. The van der Waals surface area contributed by atoms with Gasteiger partial charge in [-0.1, -0.05) is 31.2 Å². The Bertz CT molecular complexity index is 349. The minimum Gasteiger partial charge on any atom is -0.381 e. The molecule has 1 aliphatic heterocycles. The van der Waals surface area contributed by atoms with Crippen LogP contribution in [0.1, 0.15) is 24.5 Å². The number of rotatable bonds is 4. The molecule has 2 nitrogen and oxygen atoms in total. The van der Waals surface area contributed by atoms with Crippen LogP contribution in [0.15, 0.2) is 24.3 Å². The second kappa shape index (κ2) is 6.18. The highest BCUT2D eigenvalue weighted by Crippen LogP contribution is 2.21. The van der Waals surface area contributed by atoms with Gasteiger partial charge in [0.15, 0.2) is 0 Å². The van der Waals surface area contributed by atoms with Crippen LogP contribution in [-0.4, -0.2) is 25.8 Å². The average Bonchev–Trinajstić information content (AvgIpc) is 2.35. The average molecular weight is 233 g/mol. The number of benzene rings is 1. The van der Waals surface area contributed by atoms with Gasteiger partial charge in [0, 0.05) is 18.6 Å². The Hall–Kier alpha value is -0.860. The third-order valence-corrected chi connectivity index (χ3v) is 3.68. The summed E-state index contributed by atoms with van der Waals surface area (Å²) >= 11 is 0. The fourth-order valence-electron chi connectivity index (χ4n) is 2.65. The van der Waals surface area contributed by atoms with Gasteiger partial charge in [-0.3, -0.25) is 0 Å². The van der Waals surface area contributed by atoms with Crippen molar-refractivity contribution in [2.24, 2.45) is 5.92 Å². The lowest BCUT2D eigenvalue weighted by Crippen LogP contribution is -2.43. The van der Waals surface area contributed by atoms with Gasteiger partial charge in [-0.05, 0) is 37.4 Å². The van der Waals surface area contributed by atoms with Crippen LogP contribution >= 0.6 is 0 Å². The van der Waals surface area contributed by atoms with Crippen molar-refractivity contribution in [3.63, 3.8) is 0 Å². The van der Waals surface area contributed by atoms with Crippen LogP contribution in [0.5, 0.6) is 0 Å². The third-order valence-electron chi connectivity index (χ3n) is 3.68. The first-order valence-corrected chi connectivity index (χ1v) is 6.67. The Morgan fingerprint density at radius 3 is 2.94 bits per heavy atom. The summed E-state index contributed by atoms with van der Waals surface area (Å²) in [5, 5.41) is 3.59. The number of hydrogen-bond donors (Lipinski definition) is 1. The highest BCUT2D eigenvalue weighted by molar-refractivity contribution is 5.26. The van der Waals surface area contributed by atoms with E-state index in [-0.39, 0.29) is 0 Å². The molecule has 0 aliphatic carbocycles. The maximum Gasteiger partial charge on any atom is 0.0512 e. The van der Waals surface area contributed by atoms with Crippen LogP contribution in [0.4, 0.5) is 0 Å². The van der Waals surface area contributed by atoms with Crippen molar-refractivity contribution in [1.29, 1.82) is 0 Å². The molecule has 1 heterocycles. The van der Waals surface area contributed by atoms with Crippen LogP contribution in [0.3, 0.4) is 0 Å². The highest BCUT2D eigenvalue weighted by atomic mass is 16.5. The van der Waals surface area contributed by atoms with E-state index in [0.717, 1.165) is 32.6 Å². The lowest BCUT2D eigenvalue weighted by molar-refractivity contribution is 0.0326. The maximum absolute atomic E-state index is 5.63. The third kappa shape index (κ3) is 3.30. The summed E-state index contributed by atoms with van der Waals surface area (Å²) in [6, 6.07) is 9.30. The summed E-state index contributed by atoms with van der Waals surface area (Å²) in [6.07, 6.45) is 2.27. The zero-order valence-corrected chi connectivity index (χ0v) is 10.9. The summed E-state index contributed by atoms with van der Waals surface area (Å²) in [4.78, 5) is 0. The van der Waals surface area contributed by atoms with E-state index in [0.29, 0.717) is 12.0 Å². The quantitative estimate of drug-likeness (QED) is 0.863. The van der Waals surface area contributed by atoms with Crippen molar-refractivity contribution in [3.05, 3.63) is 35.4 Å². The van der Waals surface area contributed by atoms with E-state index < -0.39 is 0 Å². The summed E-state index contributed by atoms with van der Waals surface area (Å²) in [7, 11) is 0. The van der Waals surface area contributed by atoms with Crippen molar-refractivity contribution in [2.45, 2.75) is 32.7 Å². The molecule has 1 saturated heterocycles. The normalized spacial score (nSPS) is 24.8. The second-order valence-electron chi connectivity index (χ2n) is 4.92. The van der Waals surface area contributed by atoms with Crippen molar-refractivity contribution in [2.75, 3.05) is 19.8 Å². The molecule has 1 N–H and O–H groups in total. The fourth-order valence-corrected chi connectivity index (χ4v) is 2.65. The second-order valence-corrected chi connectivity index (χ2v) is 4.92. The number of hydrogen-bond acceptors (Lipinski definition) is 2. The van der Waals surface area contributed by atoms with E-state index in [4.69, 9.17) is 4.74 Å². The smallest absolute Gasteiger partial charge is 0.0512 e. The van der Waals surface area contributed by atoms with E-state index in [1.54, 1.807) is 0 Å². The van der Waals surface area contributed by atoms with E-state index in [2.05, 4.69) is 43.4 Å². The Morgan fingerprint density at radius 1 is 1.35 bits per heavy atom. The molecule has 0 amide bonds.